The first kappa shape index (κ1) is 23.0. The number of carbonyl (C=O) groups excluding carboxylic acids is 2. The van der Waals surface area contributed by atoms with E-state index in [1.807, 2.05) is 60.7 Å². The Hall–Kier alpha value is -3.33. The molecule has 0 fully saturated rings. The topological polar surface area (TPSA) is 85.2 Å². The number of nitrogens with zero attached hydrogens (tertiary/aromatic N) is 2. The number of hydrogen-bond acceptors (Lipinski definition) is 4. The van der Waals surface area contributed by atoms with E-state index in [9.17, 15) is 9.59 Å². The Kier molecular flexibility index (Phi) is 9.39. The molecule has 0 aromatic heterocycles. The first-order valence-corrected chi connectivity index (χ1v) is 10.3. The second-order valence-electron chi connectivity index (χ2n) is 7.45. The van der Waals surface area contributed by atoms with Gasteiger partial charge in [-0.1, -0.05) is 50.2 Å². The molecule has 158 valence electrons. The zero-order chi connectivity index (χ0) is 21.8. The van der Waals surface area contributed by atoms with Crippen molar-refractivity contribution in [2.75, 3.05) is 23.3 Å². The lowest BCUT2D eigenvalue weighted by molar-refractivity contribution is -0.125. The Bertz CT molecular complexity index is 831. The van der Waals surface area contributed by atoms with Gasteiger partial charge in [-0.2, -0.15) is 5.26 Å². The summed E-state index contributed by atoms with van der Waals surface area (Å²) in [7, 11) is 0. The maximum absolute atomic E-state index is 12.7. The molecule has 2 aromatic carbocycles. The molecule has 6 heteroatoms. The molecule has 1 atom stereocenters. The molecule has 6 nitrogen and oxygen atoms in total. The Balaban J connectivity index is 1.85. The van der Waals surface area contributed by atoms with Crippen molar-refractivity contribution >= 4 is 23.2 Å². The van der Waals surface area contributed by atoms with Crippen LogP contribution in [0.2, 0.25) is 0 Å². The highest BCUT2D eigenvalue weighted by atomic mass is 16.2. The summed E-state index contributed by atoms with van der Waals surface area (Å²) in [6, 6.07) is 21.3. The molecule has 0 heterocycles. The van der Waals surface area contributed by atoms with E-state index in [0.717, 1.165) is 11.4 Å². The van der Waals surface area contributed by atoms with E-state index in [-0.39, 0.29) is 37.1 Å². The van der Waals surface area contributed by atoms with Crippen molar-refractivity contribution in [2.45, 2.75) is 39.2 Å². The molecule has 0 spiro atoms. The molecule has 0 bridgehead atoms. The minimum Gasteiger partial charge on any atom is -0.380 e. The highest BCUT2D eigenvalue weighted by molar-refractivity contribution is 5.95. The van der Waals surface area contributed by atoms with Crippen molar-refractivity contribution in [3.63, 3.8) is 0 Å². The average molecular weight is 407 g/mol. The summed E-state index contributed by atoms with van der Waals surface area (Å²) in [5, 5.41) is 15.3. The molecule has 0 aliphatic rings. The van der Waals surface area contributed by atoms with Crippen molar-refractivity contribution in [1.82, 2.24) is 5.32 Å². The summed E-state index contributed by atoms with van der Waals surface area (Å²) in [5.41, 5.74) is 1.75. The lowest BCUT2D eigenvalue weighted by Gasteiger charge is -2.24. The Morgan fingerprint density at radius 1 is 1.00 bits per heavy atom. The number of carbonyl (C=O) groups is 2. The van der Waals surface area contributed by atoms with E-state index in [0.29, 0.717) is 19.0 Å². The van der Waals surface area contributed by atoms with Crippen LogP contribution in [0, 0.1) is 17.2 Å². The van der Waals surface area contributed by atoms with Crippen molar-refractivity contribution in [2.24, 2.45) is 5.92 Å². The smallest absolute Gasteiger partial charge is 0.227 e. The van der Waals surface area contributed by atoms with Gasteiger partial charge in [0.25, 0.3) is 0 Å². The monoisotopic (exact) mass is 406 g/mol. The van der Waals surface area contributed by atoms with Gasteiger partial charge in [-0.3, -0.25) is 9.59 Å². The van der Waals surface area contributed by atoms with Crippen LogP contribution < -0.4 is 15.5 Å². The van der Waals surface area contributed by atoms with Crippen LogP contribution in [-0.2, 0) is 9.59 Å². The minimum atomic E-state index is -0.158. The van der Waals surface area contributed by atoms with Gasteiger partial charge in [-0.05, 0) is 30.2 Å². The SMILES string of the molecule is CC(C)C(CNC(=O)CCC(=O)N(CCC#N)c1ccccc1)Nc1ccccc1. The molecule has 2 N–H and O–H groups in total. The molecule has 0 saturated heterocycles. The van der Waals surface area contributed by atoms with Gasteiger partial charge in [-0.25, -0.2) is 0 Å². The van der Waals surface area contributed by atoms with Gasteiger partial charge in [-0.15, -0.1) is 0 Å². The van der Waals surface area contributed by atoms with Crippen LogP contribution in [0.15, 0.2) is 60.7 Å². The van der Waals surface area contributed by atoms with Gasteiger partial charge in [0.2, 0.25) is 11.8 Å². The zero-order valence-electron chi connectivity index (χ0n) is 17.7. The van der Waals surface area contributed by atoms with Gasteiger partial charge < -0.3 is 15.5 Å². The van der Waals surface area contributed by atoms with Crippen LogP contribution in [0.5, 0.6) is 0 Å². The summed E-state index contributed by atoms with van der Waals surface area (Å²) in [5.74, 6) is 0.0123. The van der Waals surface area contributed by atoms with Crippen molar-refractivity contribution in [3.8, 4) is 6.07 Å². The summed E-state index contributed by atoms with van der Waals surface area (Å²) in [6.07, 6.45) is 0.462. The van der Waals surface area contributed by atoms with E-state index in [1.165, 1.54) is 0 Å². The molecule has 0 saturated carbocycles. The predicted molar refractivity (Wildman–Crippen MR) is 120 cm³/mol. The van der Waals surface area contributed by atoms with Crippen molar-refractivity contribution in [1.29, 1.82) is 5.26 Å². The average Bonchev–Trinajstić information content (AvgIpc) is 2.76. The normalized spacial score (nSPS) is 11.4. The van der Waals surface area contributed by atoms with Gasteiger partial charge in [0, 0.05) is 43.3 Å². The predicted octanol–water partition coefficient (Wildman–Crippen LogP) is 3.97. The Morgan fingerprint density at radius 3 is 2.23 bits per heavy atom. The van der Waals surface area contributed by atoms with Crippen LogP contribution in [0.25, 0.3) is 0 Å². The van der Waals surface area contributed by atoms with E-state index in [2.05, 4.69) is 30.6 Å². The zero-order valence-corrected chi connectivity index (χ0v) is 17.7. The molecule has 30 heavy (non-hydrogen) atoms. The Morgan fingerprint density at radius 2 is 1.63 bits per heavy atom. The third kappa shape index (κ3) is 7.59. The fourth-order valence-electron chi connectivity index (χ4n) is 3.04. The molecule has 0 aliphatic carbocycles. The second-order valence-corrected chi connectivity index (χ2v) is 7.45. The van der Waals surface area contributed by atoms with Crippen molar-refractivity contribution < 1.29 is 9.59 Å². The molecule has 2 aromatic rings. The number of benzene rings is 2. The lowest BCUT2D eigenvalue weighted by Crippen LogP contribution is -2.40. The van der Waals surface area contributed by atoms with Crippen molar-refractivity contribution in [3.05, 3.63) is 60.7 Å². The number of nitriles is 1. The van der Waals surface area contributed by atoms with Gasteiger partial charge in [0.15, 0.2) is 0 Å². The van der Waals surface area contributed by atoms with Crippen LogP contribution in [0.3, 0.4) is 0 Å². The number of para-hydroxylation sites is 2. The van der Waals surface area contributed by atoms with E-state index < -0.39 is 0 Å². The van der Waals surface area contributed by atoms with E-state index in [4.69, 9.17) is 5.26 Å². The maximum Gasteiger partial charge on any atom is 0.227 e. The number of nitrogens with one attached hydrogen (secondary N) is 2. The van der Waals surface area contributed by atoms with Crippen LogP contribution in [-0.4, -0.2) is 30.9 Å². The molecule has 0 aliphatic heterocycles. The highest BCUT2D eigenvalue weighted by Crippen LogP contribution is 2.16. The number of hydrogen-bond donors (Lipinski definition) is 2. The van der Waals surface area contributed by atoms with Crippen LogP contribution >= 0.6 is 0 Å². The first-order valence-electron chi connectivity index (χ1n) is 10.3. The number of rotatable bonds is 11. The summed E-state index contributed by atoms with van der Waals surface area (Å²) < 4.78 is 0. The maximum atomic E-state index is 12.7. The van der Waals surface area contributed by atoms with Gasteiger partial charge in [0.05, 0.1) is 12.5 Å². The largest absolute Gasteiger partial charge is 0.380 e. The molecular formula is C24H30N4O2. The number of amides is 2. The third-order valence-electron chi connectivity index (χ3n) is 4.83. The standard InChI is InChI=1S/C24H30N4O2/c1-19(2)22(27-20-10-5-3-6-11-20)18-26-23(29)14-15-24(30)28(17-9-16-25)21-12-7-4-8-13-21/h3-8,10-13,19,22,27H,9,14-15,17-18H2,1-2H3,(H,26,29). The number of anilines is 2. The molecule has 2 amide bonds. The summed E-state index contributed by atoms with van der Waals surface area (Å²) in [6.45, 7) is 5.00. The summed E-state index contributed by atoms with van der Waals surface area (Å²) in [4.78, 5) is 26.6. The molecule has 2 rings (SSSR count). The first-order chi connectivity index (χ1) is 14.5. The third-order valence-corrected chi connectivity index (χ3v) is 4.83. The fraction of sp³-hybridized carbons (Fsp3) is 0.375. The Labute approximate surface area is 178 Å². The fourth-order valence-corrected chi connectivity index (χ4v) is 3.04. The quantitative estimate of drug-likeness (QED) is 0.591. The molecule has 1 unspecified atom stereocenters. The minimum absolute atomic E-state index is 0.0866. The van der Waals surface area contributed by atoms with Crippen LogP contribution in [0.1, 0.15) is 33.1 Å². The lowest BCUT2D eigenvalue weighted by atomic mass is 10.0. The van der Waals surface area contributed by atoms with Gasteiger partial charge >= 0.3 is 0 Å². The summed E-state index contributed by atoms with van der Waals surface area (Å²) >= 11 is 0. The highest BCUT2D eigenvalue weighted by Gasteiger charge is 2.18. The van der Waals surface area contributed by atoms with E-state index in [1.54, 1.807) is 4.90 Å². The molecular weight excluding hydrogens is 376 g/mol. The molecule has 0 radical (unpaired) electrons. The second kappa shape index (κ2) is 12.3. The van der Waals surface area contributed by atoms with E-state index >= 15 is 0 Å². The van der Waals surface area contributed by atoms with Crippen LogP contribution in [0.4, 0.5) is 11.4 Å². The van der Waals surface area contributed by atoms with Gasteiger partial charge in [0.1, 0.15) is 0 Å².